The zero-order valence-electron chi connectivity index (χ0n) is 33.8. The van der Waals surface area contributed by atoms with E-state index >= 15 is 0 Å². The number of hydrogen-bond donors (Lipinski definition) is 0. The number of nitrogens with zero attached hydrogens (tertiary/aromatic N) is 8. The number of halogens is 2. The molecule has 56 heavy (non-hydrogen) atoms. The molecule has 8 rings (SSSR count). The van der Waals surface area contributed by atoms with Crippen molar-refractivity contribution in [2.75, 3.05) is 0 Å². The summed E-state index contributed by atoms with van der Waals surface area (Å²) >= 11 is 13.6. The second kappa shape index (κ2) is 14.1. The highest BCUT2D eigenvalue weighted by Crippen LogP contribution is 2.84. The normalized spacial score (nSPS) is 38.8. The van der Waals surface area contributed by atoms with Crippen molar-refractivity contribution in [3.8, 4) is 48.6 Å². The Hall–Kier alpha value is -4.54. The van der Waals surface area contributed by atoms with Crippen LogP contribution in [0.2, 0.25) is 0 Å². The van der Waals surface area contributed by atoms with Crippen LogP contribution >= 0.6 is 23.2 Å². The standard InChI is InChI=1S/2C23H25ClN4/c2*1-5-15-16(6-2)23(8-4)19-17(9-10-18(19)24)22(15,7-3)20(11-25,12-26)21(23,13-27)14-28/h2*9-10,17-19H,5-8H2,1-4H3/t2*17-,18-,19-,22-,23+/m11/s1. The van der Waals surface area contributed by atoms with E-state index in [0.717, 1.165) is 22.3 Å². The molecule has 8 aliphatic carbocycles. The smallest absolute Gasteiger partial charge is 0.186 e. The lowest BCUT2D eigenvalue weighted by molar-refractivity contribution is -0.145. The summed E-state index contributed by atoms with van der Waals surface area (Å²) < 4.78 is 0. The van der Waals surface area contributed by atoms with Gasteiger partial charge < -0.3 is 0 Å². The second-order valence-electron chi connectivity index (χ2n) is 16.3. The molecule has 0 spiro atoms. The summed E-state index contributed by atoms with van der Waals surface area (Å²) in [7, 11) is 0. The zero-order valence-corrected chi connectivity index (χ0v) is 35.3. The highest BCUT2D eigenvalue weighted by atomic mass is 35.5. The van der Waals surface area contributed by atoms with Crippen molar-refractivity contribution in [2.45, 2.75) is 118 Å². The van der Waals surface area contributed by atoms with Crippen LogP contribution in [-0.2, 0) is 0 Å². The van der Waals surface area contributed by atoms with E-state index in [2.05, 4.69) is 74.6 Å². The van der Waals surface area contributed by atoms with Crippen molar-refractivity contribution in [3.05, 3.63) is 46.6 Å². The third-order valence-corrected chi connectivity index (χ3v) is 17.2. The third kappa shape index (κ3) is 3.77. The van der Waals surface area contributed by atoms with Crippen LogP contribution in [0.25, 0.3) is 0 Å². The average Bonchev–Trinajstić information content (AvgIpc) is 3.85. The molecule has 0 aromatic carbocycles. The maximum atomic E-state index is 10.5. The summed E-state index contributed by atoms with van der Waals surface area (Å²) in [6, 6.07) is 18.1. The van der Waals surface area contributed by atoms with E-state index in [9.17, 15) is 42.1 Å². The molecular formula is C46H50Cl2N8. The summed E-state index contributed by atoms with van der Waals surface area (Å²) in [5.74, 6) is -0.587. The maximum Gasteiger partial charge on any atom is 0.186 e. The summed E-state index contributed by atoms with van der Waals surface area (Å²) in [6.45, 7) is 16.1. The van der Waals surface area contributed by atoms with Crippen LogP contribution in [0.1, 0.15) is 107 Å². The number of fused-ring (bicyclic) bond motifs is 2. The fourth-order valence-corrected chi connectivity index (χ4v) is 16.0. The molecular weight excluding hydrogens is 735 g/mol. The van der Waals surface area contributed by atoms with Gasteiger partial charge in [0.2, 0.25) is 0 Å². The van der Waals surface area contributed by atoms with Crippen LogP contribution in [0, 0.1) is 158 Å². The lowest BCUT2D eigenvalue weighted by atomic mass is 9.26. The van der Waals surface area contributed by atoms with E-state index in [4.69, 9.17) is 23.2 Å². The lowest BCUT2D eigenvalue weighted by Crippen LogP contribution is -2.73. The van der Waals surface area contributed by atoms with E-state index in [1.807, 2.05) is 53.7 Å². The van der Waals surface area contributed by atoms with Crippen LogP contribution in [0.4, 0.5) is 0 Å². The predicted molar refractivity (Wildman–Crippen MR) is 212 cm³/mol. The monoisotopic (exact) mass is 784 g/mol. The van der Waals surface area contributed by atoms with Crippen LogP contribution < -0.4 is 0 Å². The number of alkyl halides is 2. The van der Waals surface area contributed by atoms with Gasteiger partial charge in [-0.05, 0) is 75.0 Å². The van der Waals surface area contributed by atoms with Gasteiger partial charge in [0.15, 0.2) is 21.7 Å². The van der Waals surface area contributed by atoms with Gasteiger partial charge in [0, 0.05) is 21.7 Å². The highest BCUT2D eigenvalue weighted by Gasteiger charge is 2.87. The Balaban J connectivity index is 0.000000214. The van der Waals surface area contributed by atoms with Crippen molar-refractivity contribution in [1.29, 1.82) is 42.1 Å². The lowest BCUT2D eigenvalue weighted by Gasteiger charge is -2.71. The van der Waals surface area contributed by atoms with Gasteiger partial charge in [-0.1, -0.05) is 102 Å². The first kappa shape index (κ1) is 42.6. The molecule has 0 heterocycles. The molecule has 0 amide bonds. The van der Waals surface area contributed by atoms with Crippen molar-refractivity contribution in [1.82, 2.24) is 0 Å². The Labute approximate surface area is 343 Å². The van der Waals surface area contributed by atoms with Crippen molar-refractivity contribution < 1.29 is 0 Å². The first-order valence-electron chi connectivity index (χ1n) is 20.2. The van der Waals surface area contributed by atoms with E-state index in [1.165, 1.54) is 0 Å². The molecule has 2 saturated carbocycles. The molecule has 0 radical (unpaired) electrons. The van der Waals surface area contributed by atoms with Crippen LogP contribution in [0.15, 0.2) is 46.6 Å². The Morgan fingerprint density at radius 1 is 0.393 bits per heavy atom. The Kier molecular flexibility index (Phi) is 10.8. The van der Waals surface area contributed by atoms with Gasteiger partial charge >= 0.3 is 0 Å². The zero-order chi connectivity index (χ0) is 41.9. The van der Waals surface area contributed by atoms with Gasteiger partial charge in [0.25, 0.3) is 0 Å². The fourth-order valence-electron chi connectivity index (χ4n) is 15.1. The van der Waals surface area contributed by atoms with Gasteiger partial charge in [0.1, 0.15) is 0 Å². The second-order valence-corrected chi connectivity index (χ2v) is 17.3. The molecule has 0 aliphatic heterocycles. The van der Waals surface area contributed by atoms with Crippen LogP contribution in [-0.4, -0.2) is 10.8 Å². The molecule has 10 heteroatoms. The molecule has 0 aromatic heterocycles. The number of allylic oxidation sites excluding steroid dienone is 8. The van der Waals surface area contributed by atoms with Crippen LogP contribution in [0.3, 0.4) is 0 Å². The van der Waals surface area contributed by atoms with Gasteiger partial charge in [-0.15, -0.1) is 23.2 Å². The summed E-state index contributed by atoms with van der Waals surface area (Å²) in [5.41, 5.74) is -6.27. The Morgan fingerprint density at radius 2 is 0.607 bits per heavy atom. The van der Waals surface area contributed by atoms with Gasteiger partial charge in [-0.2, -0.15) is 42.1 Å². The quantitative estimate of drug-likeness (QED) is 0.171. The molecule has 288 valence electrons. The molecule has 8 nitrogen and oxygen atoms in total. The van der Waals surface area contributed by atoms with Crippen molar-refractivity contribution in [2.24, 2.45) is 67.0 Å². The maximum absolute atomic E-state index is 10.5. The molecule has 10 atom stereocenters. The fraction of sp³-hybridized carbons (Fsp3) is 0.652. The highest BCUT2D eigenvalue weighted by molar-refractivity contribution is 6.22. The summed E-state index contributed by atoms with van der Waals surface area (Å²) in [5, 5.41) is 83.2. The van der Waals surface area contributed by atoms with Gasteiger partial charge in [-0.25, -0.2) is 0 Å². The molecule has 0 aromatic rings. The SMILES string of the molecule is CCC1=C(CC)[C@]2(CC)[C@@H]3C=C[C@@H](Cl)[C@@H]3[C@@]1(CC)C(C#N)(C#N)C2(C#N)C#N.CCC1=C(CC)[C@]2(CC)[C@@H]3C=C[C@@H](Cl)[C@@H]3[C@@]1(CC)C(C#N)(C#N)C2(C#N)C#N. The predicted octanol–water partition coefficient (Wildman–Crippen LogP) is 10.8. The van der Waals surface area contributed by atoms with Gasteiger partial charge in [0.05, 0.1) is 59.3 Å². The Bertz CT molecular complexity index is 1970. The van der Waals surface area contributed by atoms with Gasteiger partial charge in [-0.3, -0.25) is 0 Å². The average molecular weight is 786 g/mol. The van der Waals surface area contributed by atoms with E-state index < -0.39 is 43.3 Å². The molecule has 0 unspecified atom stereocenters. The molecule has 0 saturated heterocycles. The molecule has 4 bridgehead atoms. The Morgan fingerprint density at radius 3 is 0.804 bits per heavy atom. The first-order chi connectivity index (χ1) is 26.8. The van der Waals surface area contributed by atoms with Crippen LogP contribution in [0.5, 0.6) is 0 Å². The van der Waals surface area contributed by atoms with E-state index in [1.54, 1.807) is 0 Å². The van der Waals surface area contributed by atoms with Crippen molar-refractivity contribution >= 4 is 23.2 Å². The minimum Gasteiger partial charge on any atom is -0.196 e. The minimum atomic E-state index is -1.77. The molecule has 0 N–H and O–H groups in total. The molecule has 2 fully saturated rings. The minimum absolute atomic E-state index is 0.126. The summed E-state index contributed by atoms with van der Waals surface area (Å²) in [4.78, 5) is 0. The first-order valence-corrected chi connectivity index (χ1v) is 21.1. The number of nitriles is 8. The number of hydrogen-bond acceptors (Lipinski definition) is 8. The summed E-state index contributed by atoms with van der Waals surface area (Å²) in [6.07, 6.45) is 12.8. The third-order valence-electron chi connectivity index (χ3n) is 16.4. The largest absolute Gasteiger partial charge is 0.196 e. The number of rotatable bonds is 8. The molecule has 8 aliphatic rings. The van der Waals surface area contributed by atoms with E-state index in [-0.39, 0.29) is 34.4 Å². The van der Waals surface area contributed by atoms with Crippen molar-refractivity contribution in [3.63, 3.8) is 0 Å². The topological polar surface area (TPSA) is 190 Å². The van der Waals surface area contributed by atoms with E-state index in [0.29, 0.717) is 51.4 Å².